The van der Waals surface area contributed by atoms with Crippen molar-refractivity contribution in [3.05, 3.63) is 114 Å². The zero-order chi connectivity index (χ0) is 23.3. The van der Waals surface area contributed by atoms with Crippen molar-refractivity contribution >= 4 is 21.6 Å². The van der Waals surface area contributed by atoms with Crippen molar-refractivity contribution in [2.75, 3.05) is 4.31 Å². The van der Waals surface area contributed by atoms with Gasteiger partial charge in [0.25, 0.3) is 15.9 Å². The number of carbonyl (C=O) groups is 1. The SMILES string of the molecule is Cc1cc(CNC(=O)c2cccc(S(=O)(=O)N(Cc3ccccc3)c3ccccc3)c2)on1. The Balaban J connectivity index is 1.61. The van der Waals surface area contributed by atoms with Crippen LogP contribution in [0.5, 0.6) is 0 Å². The first kappa shape index (κ1) is 22.3. The number of sulfonamides is 1. The maximum atomic E-state index is 13.7. The topological polar surface area (TPSA) is 92.5 Å². The number of nitrogens with zero attached hydrogens (tertiary/aromatic N) is 2. The van der Waals surface area contributed by atoms with Crippen molar-refractivity contribution in [2.24, 2.45) is 0 Å². The fourth-order valence-electron chi connectivity index (χ4n) is 3.35. The molecule has 4 aromatic rings. The van der Waals surface area contributed by atoms with Gasteiger partial charge in [-0.05, 0) is 42.8 Å². The second-order valence-corrected chi connectivity index (χ2v) is 9.34. The highest BCUT2D eigenvalue weighted by molar-refractivity contribution is 7.92. The predicted molar refractivity (Wildman–Crippen MR) is 125 cm³/mol. The molecule has 0 spiro atoms. The zero-order valence-corrected chi connectivity index (χ0v) is 18.8. The smallest absolute Gasteiger partial charge is 0.264 e. The van der Waals surface area contributed by atoms with Crippen LogP contribution in [-0.2, 0) is 23.1 Å². The molecule has 0 saturated carbocycles. The largest absolute Gasteiger partial charge is 0.359 e. The summed E-state index contributed by atoms with van der Waals surface area (Å²) in [6, 6.07) is 26.0. The quantitative estimate of drug-likeness (QED) is 0.422. The van der Waals surface area contributed by atoms with Gasteiger partial charge in [0.15, 0.2) is 5.76 Å². The number of rotatable bonds is 8. The van der Waals surface area contributed by atoms with Crippen LogP contribution in [0.3, 0.4) is 0 Å². The fourth-order valence-corrected chi connectivity index (χ4v) is 4.85. The number of benzene rings is 3. The Morgan fingerprint density at radius 2 is 1.64 bits per heavy atom. The summed E-state index contributed by atoms with van der Waals surface area (Å²) in [6.45, 7) is 2.10. The molecule has 0 aliphatic rings. The second kappa shape index (κ2) is 9.70. The van der Waals surface area contributed by atoms with Crippen LogP contribution in [0.25, 0.3) is 0 Å². The van der Waals surface area contributed by atoms with Crippen LogP contribution < -0.4 is 9.62 Å². The Kier molecular flexibility index (Phi) is 6.55. The van der Waals surface area contributed by atoms with E-state index in [4.69, 9.17) is 4.52 Å². The first-order valence-corrected chi connectivity index (χ1v) is 11.8. The van der Waals surface area contributed by atoms with Gasteiger partial charge in [-0.3, -0.25) is 9.10 Å². The van der Waals surface area contributed by atoms with E-state index < -0.39 is 15.9 Å². The predicted octanol–water partition coefficient (Wildman–Crippen LogP) is 4.31. The van der Waals surface area contributed by atoms with Crippen LogP contribution in [0.4, 0.5) is 5.69 Å². The summed E-state index contributed by atoms with van der Waals surface area (Å²) in [6.07, 6.45) is 0. The molecule has 4 rings (SSSR count). The molecule has 7 nitrogen and oxygen atoms in total. The van der Waals surface area contributed by atoms with Gasteiger partial charge in [0.2, 0.25) is 0 Å². The lowest BCUT2D eigenvalue weighted by Crippen LogP contribution is -2.31. The average Bonchev–Trinajstić information content (AvgIpc) is 3.27. The minimum absolute atomic E-state index is 0.0328. The highest BCUT2D eigenvalue weighted by atomic mass is 32.2. The maximum absolute atomic E-state index is 13.7. The van der Waals surface area contributed by atoms with E-state index in [1.165, 1.54) is 16.4 Å². The lowest BCUT2D eigenvalue weighted by molar-refractivity contribution is 0.0947. The molecule has 3 aromatic carbocycles. The standard InChI is InChI=1S/C25H23N3O4S/c1-19-15-23(32-27-19)17-26-25(29)21-11-8-14-24(16-21)33(30,31)28(22-12-6-3-7-13-22)18-20-9-4-2-5-10-20/h2-16H,17-18H2,1H3,(H,26,29). The summed E-state index contributed by atoms with van der Waals surface area (Å²) in [5.41, 5.74) is 2.34. The summed E-state index contributed by atoms with van der Waals surface area (Å²) in [7, 11) is -3.95. The number of anilines is 1. The fraction of sp³-hybridized carbons (Fsp3) is 0.120. The van der Waals surface area contributed by atoms with Gasteiger partial charge in [-0.15, -0.1) is 0 Å². The molecule has 0 fully saturated rings. The van der Waals surface area contributed by atoms with E-state index in [1.807, 2.05) is 36.4 Å². The highest BCUT2D eigenvalue weighted by Crippen LogP contribution is 2.26. The summed E-state index contributed by atoms with van der Waals surface area (Å²) < 4.78 is 33.8. The molecular formula is C25H23N3O4S. The van der Waals surface area contributed by atoms with Gasteiger partial charge in [-0.25, -0.2) is 8.42 Å². The van der Waals surface area contributed by atoms with Crippen molar-refractivity contribution in [3.63, 3.8) is 0 Å². The molecule has 1 heterocycles. The normalized spacial score (nSPS) is 11.2. The minimum Gasteiger partial charge on any atom is -0.359 e. The maximum Gasteiger partial charge on any atom is 0.264 e. The molecule has 0 bridgehead atoms. The zero-order valence-electron chi connectivity index (χ0n) is 18.0. The molecule has 0 aliphatic carbocycles. The Morgan fingerprint density at radius 1 is 0.939 bits per heavy atom. The highest BCUT2D eigenvalue weighted by Gasteiger charge is 2.26. The number of amides is 1. The van der Waals surface area contributed by atoms with Crippen LogP contribution in [-0.4, -0.2) is 19.5 Å². The van der Waals surface area contributed by atoms with Gasteiger partial charge >= 0.3 is 0 Å². The first-order chi connectivity index (χ1) is 15.9. The third-order valence-electron chi connectivity index (χ3n) is 5.00. The lowest BCUT2D eigenvalue weighted by atomic mass is 10.2. The average molecular weight is 462 g/mol. The van der Waals surface area contributed by atoms with Crippen LogP contribution in [0.15, 0.2) is 100 Å². The molecule has 0 atom stereocenters. The van der Waals surface area contributed by atoms with Crippen molar-refractivity contribution in [1.82, 2.24) is 10.5 Å². The van der Waals surface area contributed by atoms with Gasteiger partial charge in [0.1, 0.15) is 0 Å². The third kappa shape index (κ3) is 5.30. The molecule has 8 heteroatoms. The molecular weight excluding hydrogens is 438 g/mol. The molecule has 1 amide bonds. The Labute approximate surface area is 192 Å². The molecule has 0 aliphatic heterocycles. The van der Waals surface area contributed by atoms with E-state index in [1.54, 1.807) is 49.4 Å². The molecule has 0 unspecified atom stereocenters. The van der Waals surface area contributed by atoms with Gasteiger partial charge in [0, 0.05) is 11.6 Å². The van der Waals surface area contributed by atoms with E-state index in [2.05, 4.69) is 10.5 Å². The van der Waals surface area contributed by atoms with Crippen LogP contribution >= 0.6 is 0 Å². The van der Waals surface area contributed by atoms with Gasteiger partial charge < -0.3 is 9.84 Å². The number of aryl methyl sites for hydroxylation is 1. The van der Waals surface area contributed by atoms with E-state index in [9.17, 15) is 13.2 Å². The molecule has 168 valence electrons. The Bertz CT molecular complexity index is 1340. The number of carbonyl (C=O) groups excluding carboxylic acids is 1. The number of aromatic nitrogens is 1. The summed E-state index contributed by atoms with van der Waals surface area (Å²) in [5.74, 6) is 0.109. The summed E-state index contributed by atoms with van der Waals surface area (Å²) >= 11 is 0. The summed E-state index contributed by atoms with van der Waals surface area (Å²) in [5, 5.41) is 6.51. The van der Waals surface area contributed by atoms with Crippen molar-refractivity contribution in [3.8, 4) is 0 Å². The van der Waals surface area contributed by atoms with Crippen molar-refractivity contribution in [1.29, 1.82) is 0 Å². The van der Waals surface area contributed by atoms with Crippen molar-refractivity contribution in [2.45, 2.75) is 24.9 Å². The van der Waals surface area contributed by atoms with Crippen LogP contribution in [0, 0.1) is 6.92 Å². The second-order valence-electron chi connectivity index (χ2n) is 7.48. The van der Waals surface area contributed by atoms with E-state index in [0.29, 0.717) is 17.1 Å². The van der Waals surface area contributed by atoms with Gasteiger partial charge in [-0.2, -0.15) is 0 Å². The Morgan fingerprint density at radius 3 is 2.30 bits per heavy atom. The first-order valence-electron chi connectivity index (χ1n) is 10.4. The number of hydrogen-bond donors (Lipinski definition) is 1. The van der Waals surface area contributed by atoms with Gasteiger partial charge in [-0.1, -0.05) is 59.8 Å². The molecule has 0 saturated heterocycles. The molecule has 1 aromatic heterocycles. The monoisotopic (exact) mass is 461 g/mol. The summed E-state index contributed by atoms with van der Waals surface area (Å²) in [4.78, 5) is 12.7. The third-order valence-corrected chi connectivity index (χ3v) is 6.77. The van der Waals surface area contributed by atoms with Crippen LogP contribution in [0.1, 0.15) is 27.4 Å². The van der Waals surface area contributed by atoms with E-state index in [0.717, 1.165) is 5.56 Å². The molecule has 1 N–H and O–H groups in total. The number of para-hydroxylation sites is 1. The van der Waals surface area contributed by atoms with E-state index >= 15 is 0 Å². The van der Waals surface area contributed by atoms with Crippen molar-refractivity contribution < 1.29 is 17.7 Å². The molecule has 33 heavy (non-hydrogen) atoms. The van der Waals surface area contributed by atoms with E-state index in [-0.39, 0.29) is 23.5 Å². The van der Waals surface area contributed by atoms with Gasteiger partial charge in [0.05, 0.1) is 29.4 Å². The number of hydrogen-bond acceptors (Lipinski definition) is 5. The molecule has 0 radical (unpaired) electrons. The lowest BCUT2D eigenvalue weighted by Gasteiger charge is -2.25. The number of nitrogens with one attached hydrogen (secondary N) is 1. The van der Waals surface area contributed by atoms with Crippen LogP contribution in [0.2, 0.25) is 0 Å². The minimum atomic E-state index is -3.95. The Hall–Kier alpha value is -3.91.